The molecule has 5 heteroatoms. The summed E-state index contributed by atoms with van der Waals surface area (Å²) in [6.07, 6.45) is 3.16. The maximum Gasteiger partial charge on any atom is 0.412 e. The predicted octanol–water partition coefficient (Wildman–Crippen LogP) is 4.64. The average Bonchev–Trinajstić information content (AvgIpc) is 2.84. The van der Waals surface area contributed by atoms with Crippen LogP contribution in [0.2, 0.25) is 0 Å². The molecule has 1 aromatic rings. The molecular formula is C18H28N2O3. The summed E-state index contributed by atoms with van der Waals surface area (Å²) in [5.41, 5.74) is 1.05. The number of hydrogen-bond donors (Lipinski definition) is 2. The second-order valence-corrected chi connectivity index (χ2v) is 7.20. The van der Waals surface area contributed by atoms with Crippen LogP contribution in [0.3, 0.4) is 0 Å². The van der Waals surface area contributed by atoms with Crippen LogP contribution in [0.4, 0.5) is 16.2 Å². The first-order valence-corrected chi connectivity index (χ1v) is 8.23. The van der Waals surface area contributed by atoms with Crippen molar-refractivity contribution in [3.8, 4) is 5.75 Å². The average molecular weight is 320 g/mol. The Morgan fingerprint density at radius 1 is 1.22 bits per heavy atom. The van der Waals surface area contributed by atoms with Crippen LogP contribution >= 0.6 is 0 Å². The second-order valence-electron chi connectivity index (χ2n) is 7.20. The second kappa shape index (κ2) is 7.11. The SMILES string of the molecule is COc1ccc(NC(=O)OC(C)(C)C)c(NC2CCCC2C)c1. The van der Waals surface area contributed by atoms with Crippen molar-refractivity contribution in [3.05, 3.63) is 18.2 Å². The van der Waals surface area contributed by atoms with Gasteiger partial charge in [0, 0.05) is 12.1 Å². The molecule has 1 aliphatic carbocycles. The van der Waals surface area contributed by atoms with Gasteiger partial charge in [-0.05, 0) is 51.7 Å². The largest absolute Gasteiger partial charge is 0.497 e. The van der Waals surface area contributed by atoms with Crippen molar-refractivity contribution in [1.29, 1.82) is 0 Å². The third-order valence-electron chi connectivity index (χ3n) is 4.06. The van der Waals surface area contributed by atoms with Gasteiger partial charge in [-0.25, -0.2) is 4.79 Å². The number of rotatable bonds is 4. The van der Waals surface area contributed by atoms with Crippen LogP contribution in [0.15, 0.2) is 18.2 Å². The summed E-state index contributed by atoms with van der Waals surface area (Å²) in [6.45, 7) is 7.80. The minimum atomic E-state index is -0.524. The molecule has 0 spiro atoms. The lowest BCUT2D eigenvalue weighted by atomic mass is 10.1. The Bertz CT molecular complexity index is 552. The van der Waals surface area contributed by atoms with Gasteiger partial charge in [0.05, 0.1) is 18.5 Å². The zero-order valence-corrected chi connectivity index (χ0v) is 14.7. The standard InChI is InChI=1S/C18H28N2O3/c1-12-7-6-8-14(12)19-16-11-13(22-5)9-10-15(16)20-17(21)23-18(2,3)4/h9-12,14,19H,6-8H2,1-5H3,(H,20,21). The van der Waals surface area contributed by atoms with E-state index >= 15 is 0 Å². The lowest BCUT2D eigenvalue weighted by molar-refractivity contribution is 0.0636. The van der Waals surface area contributed by atoms with Gasteiger partial charge in [-0.1, -0.05) is 13.3 Å². The molecule has 23 heavy (non-hydrogen) atoms. The molecule has 0 aromatic heterocycles. The third-order valence-corrected chi connectivity index (χ3v) is 4.06. The molecule has 0 bridgehead atoms. The normalized spacial score (nSPS) is 20.9. The van der Waals surface area contributed by atoms with E-state index in [-0.39, 0.29) is 0 Å². The molecule has 1 saturated carbocycles. The summed E-state index contributed by atoms with van der Waals surface area (Å²) in [6, 6.07) is 6.00. The molecule has 1 fully saturated rings. The Morgan fingerprint density at radius 3 is 2.52 bits per heavy atom. The molecule has 5 nitrogen and oxygen atoms in total. The van der Waals surface area contributed by atoms with Crippen LogP contribution < -0.4 is 15.4 Å². The van der Waals surface area contributed by atoms with Crippen molar-refractivity contribution < 1.29 is 14.3 Å². The Balaban J connectivity index is 2.15. The van der Waals surface area contributed by atoms with Crippen LogP contribution in [0.25, 0.3) is 0 Å². The zero-order valence-electron chi connectivity index (χ0n) is 14.7. The van der Waals surface area contributed by atoms with E-state index in [1.165, 1.54) is 12.8 Å². The van der Waals surface area contributed by atoms with Crippen LogP contribution in [-0.4, -0.2) is 24.8 Å². The lowest BCUT2D eigenvalue weighted by Gasteiger charge is -2.23. The summed E-state index contributed by atoms with van der Waals surface area (Å²) >= 11 is 0. The van der Waals surface area contributed by atoms with Crippen molar-refractivity contribution in [3.63, 3.8) is 0 Å². The Morgan fingerprint density at radius 2 is 1.96 bits per heavy atom. The number of amides is 1. The molecule has 0 saturated heterocycles. The van der Waals surface area contributed by atoms with E-state index in [1.54, 1.807) is 7.11 Å². The Kier molecular flexibility index (Phi) is 5.39. The maximum absolute atomic E-state index is 12.0. The molecule has 1 aromatic carbocycles. The van der Waals surface area contributed by atoms with Gasteiger partial charge in [-0.2, -0.15) is 0 Å². The van der Waals surface area contributed by atoms with Gasteiger partial charge in [0.15, 0.2) is 0 Å². The van der Waals surface area contributed by atoms with Crippen LogP contribution in [0.5, 0.6) is 5.75 Å². The monoisotopic (exact) mass is 320 g/mol. The number of anilines is 2. The number of carbonyl (C=O) groups is 1. The fraction of sp³-hybridized carbons (Fsp3) is 0.611. The van der Waals surface area contributed by atoms with E-state index in [0.717, 1.165) is 17.9 Å². The zero-order chi connectivity index (χ0) is 17.0. The molecule has 1 amide bonds. The number of carbonyl (C=O) groups excluding carboxylic acids is 1. The molecule has 2 unspecified atom stereocenters. The van der Waals surface area contributed by atoms with Crippen molar-refractivity contribution >= 4 is 17.5 Å². The summed E-state index contributed by atoms with van der Waals surface area (Å²) < 4.78 is 10.6. The van der Waals surface area contributed by atoms with Crippen molar-refractivity contribution in [2.45, 2.75) is 58.6 Å². The van der Waals surface area contributed by atoms with Crippen LogP contribution in [0.1, 0.15) is 47.0 Å². The van der Waals surface area contributed by atoms with E-state index in [2.05, 4.69) is 17.6 Å². The van der Waals surface area contributed by atoms with Gasteiger partial charge >= 0.3 is 6.09 Å². The molecule has 0 radical (unpaired) electrons. The highest BCUT2D eigenvalue weighted by molar-refractivity contribution is 5.90. The highest BCUT2D eigenvalue weighted by Gasteiger charge is 2.24. The first-order chi connectivity index (χ1) is 10.8. The molecule has 128 valence electrons. The van der Waals surface area contributed by atoms with Crippen molar-refractivity contribution in [2.75, 3.05) is 17.7 Å². The predicted molar refractivity (Wildman–Crippen MR) is 93.3 cm³/mol. The number of methoxy groups -OCH3 is 1. The van der Waals surface area contributed by atoms with E-state index in [0.29, 0.717) is 17.6 Å². The molecule has 2 atom stereocenters. The highest BCUT2D eigenvalue weighted by Crippen LogP contribution is 2.33. The maximum atomic E-state index is 12.0. The van der Waals surface area contributed by atoms with E-state index in [9.17, 15) is 4.79 Å². The topological polar surface area (TPSA) is 59.6 Å². The number of benzene rings is 1. The Hall–Kier alpha value is -1.91. The first-order valence-electron chi connectivity index (χ1n) is 8.23. The minimum Gasteiger partial charge on any atom is -0.497 e. The number of hydrogen-bond acceptors (Lipinski definition) is 4. The highest BCUT2D eigenvalue weighted by atomic mass is 16.6. The van der Waals surface area contributed by atoms with Crippen LogP contribution in [-0.2, 0) is 4.74 Å². The van der Waals surface area contributed by atoms with Crippen molar-refractivity contribution in [1.82, 2.24) is 0 Å². The third kappa shape index (κ3) is 5.05. The quantitative estimate of drug-likeness (QED) is 0.848. The lowest BCUT2D eigenvalue weighted by Crippen LogP contribution is -2.28. The molecule has 2 N–H and O–H groups in total. The number of ether oxygens (including phenoxy) is 2. The van der Waals surface area contributed by atoms with Gasteiger partial charge < -0.3 is 14.8 Å². The fourth-order valence-corrected chi connectivity index (χ4v) is 2.85. The minimum absolute atomic E-state index is 0.418. The summed E-state index contributed by atoms with van der Waals surface area (Å²) in [7, 11) is 1.64. The van der Waals surface area contributed by atoms with Gasteiger partial charge in [0.1, 0.15) is 11.4 Å². The Labute approximate surface area is 138 Å². The first kappa shape index (κ1) is 17.4. The van der Waals surface area contributed by atoms with E-state index in [4.69, 9.17) is 9.47 Å². The van der Waals surface area contributed by atoms with E-state index < -0.39 is 11.7 Å². The molecule has 0 heterocycles. The number of nitrogens with one attached hydrogen (secondary N) is 2. The molecule has 0 aliphatic heterocycles. The van der Waals surface area contributed by atoms with Gasteiger partial charge in [-0.15, -0.1) is 0 Å². The van der Waals surface area contributed by atoms with Crippen LogP contribution in [0, 0.1) is 5.92 Å². The summed E-state index contributed by atoms with van der Waals surface area (Å²) in [5.74, 6) is 1.38. The summed E-state index contributed by atoms with van der Waals surface area (Å²) in [4.78, 5) is 12.0. The molecule has 1 aliphatic rings. The van der Waals surface area contributed by atoms with Gasteiger partial charge in [0.25, 0.3) is 0 Å². The fourth-order valence-electron chi connectivity index (χ4n) is 2.85. The smallest absolute Gasteiger partial charge is 0.412 e. The summed E-state index contributed by atoms with van der Waals surface area (Å²) in [5, 5.41) is 6.38. The van der Waals surface area contributed by atoms with E-state index in [1.807, 2.05) is 39.0 Å². The molecular weight excluding hydrogens is 292 g/mol. The molecule has 2 rings (SSSR count). The van der Waals surface area contributed by atoms with Gasteiger partial charge in [-0.3, -0.25) is 5.32 Å². The van der Waals surface area contributed by atoms with Gasteiger partial charge in [0.2, 0.25) is 0 Å². The van der Waals surface area contributed by atoms with Crippen molar-refractivity contribution in [2.24, 2.45) is 5.92 Å².